The van der Waals surface area contributed by atoms with Gasteiger partial charge in [-0.15, -0.1) is 0 Å². The van der Waals surface area contributed by atoms with Crippen molar-refractivity contribution in [1.29, 1.82) is 0 Å². The highest BCUT2D eigenvalue weighted by molar-refractivity contribution is 6.05. The largest absolute Gasteiger partial charge is 0.457 e. The van der Waals surface area contributed by atoms with Crippen molar-refractivity contribution in [3.63, 3.8) is 0 Å². The van der Waals surface area contributed by atoms with Crippen LogP contribution in [-0.4, -0.2) is 62.6 Å². The number of Topliss-reactive ketones (excluding diaryl/α,β-unsaturated/α-hetero) is 1. The molecule has 8 nitrogen and oxygen atoms in total. The number of aliphatic hydroxyl groups excluding tert-OH is 2. The number of carbonyl (C=O) groups excluding carboxylic acids is 3. The molecule has 0 spiro atoms. The maximum absolute atomic E-state index is 13.8. The predicted molar refractivity (Wildman–Crippen MR) is 186 cm³/mol. The molecule has 0 aliphatic heterocycles. The quantitative estimate of drug-likeness (QED) is 0.0740. The molecule has 0 unspecified atom stereocenters. The third kappa shape index (κ3) is 6.96. The number of unbranched alkanes of at least 4 members (excludes halogenated alkanes) is 12. The van der Waals surface area contributed by atoms with E-state index in [1.54, 1.807) is 19.9 Å². The molecule has 0 aromatic carbocycles. The van der Waals surface area contributed by atoms with Gasteiger partial charge in [-0.2, -0.15) is 0 Å². The van der Waals surface area contributed by atoms with Crippen molar-refractivity contribution in [2.24, 2.45) is 29.1 Å². The van der Waals surface area contributed by atoms with Crippen LogP contribution in [0.15, 0.2) is 23.3 Å². The van der Waals surface area contributed by atoms with Gasteiger partial charge >= 0.3 is 11.9 Å². The van der Waals surface area contributed by atoms with Crippen LogP contribution in [0.1, 0.15) is 151 Å². The number of carbonyl (C=O) groups is 3. The summed E-state index contributed by atoms with van der Waals surface area (Å²) in [6.07, 6.45) is 17.5. The Morgan fingerprint density at radius 1 is 0.833 bits per heavy atom. The highest BCUT2D eigenvalue weighted by Crippen LogP contribution is 2.77. The number of ether oxygens (including phenoxy) is 2. The van der Waals surface area contributed by atoms with Crippen LogP contribution in [0.2, 0.25) is 0 Å². The second-order valence-electron chi connectivity index (χ2n) is 16.0. The summed E-state index contributed by atoms with van der Waals surface area (Å²) in [5.74, 6) is -4.06. The van der Waals surface area contributed by atoms with Gasteiger partial charge in [0.05, 0.1) is 12.5 Å². The first kappa shape index (κ1) is 38.8. The van der Waals surface area contributed by atoms with Gasteiger partial charge in [-0.25, -0.2) is 0 Å². The van der Waals surface area contributed by atoms with E-state index in [0.29, 0.717) is 17.6 Å². The molecule has 0 aromatic heterocycles. The summed E-state index contributed by atoms with van der Waals surface area (Å²) < 4.78 is 12.9. The fourth-order valence-corrected chi connectivity index (χ4v) is 9.80. The smallest absolute Gasteiger partial charge is 0.306 e. The van der Waals surface area contributed by atoms with E-state index >= 15 is 0 Å². The molecule has 0 bridgehead atoms. The molecule has 2 fully saturated rings. The van der Waals surface area contributed by atoms with Gasteiger partial charge in [0.25, 0.3) is 0 Å². The van der Waals surface area contributed by atoms with Crippen LogP contribution in [0.25, 0.3) is 0 Å². The topological polar surface area (TPSA) is 130 Å². The van der Waals surface area contributed by atoms with Crippen molar-refractivity contribution < 1.29 is 39.2 Å². The number of fused-ring (bicyclic) bond motifs is 5. The Bertz CT molecular complexity index is 1220. The summed E-state index contributed by atoms with van der Waals surface area (Å²) in [4.78, 5) is 40.8. The molecule has 3 N–H and O–H groups in total. The summed E-state index contributed by atoms with van der Waals surface area (Å²) in [7, 11) is 0. The van der Waals surface area contributed by atoms with E-state index in [1.807, 2.05) is 19.9 Å². The molecule has 0 radical (unpaired) electrons. The molecular weight excluding hydrogens is 608 g/mol. The van der Waals surface area contributed by atoms with Crippen LogP contribution < -0.4 is 0 Å². The van der Waals surface area contributed by atoms with Crippen molar-refractivity contribution in [1.82, 2.24) is 0 Å². The molecule has 0 heterocycles. The molecule has 272 valence electrons. The minimum atomic E-state index is -1.94. The average Bonchev–Trinajstić information content (AvgIpc) is 3.48. The zero-order valence-electron chi connectivity index (χ0n) is 30.7. The molecule has 0 saturated heterocycles. The lowest BCUT2D eigenvalue weighted by Crippen LogP contribution is -2.67. The highest BCUT2D eigenvalue weighted by atomic mass is 16.6. The normalized spacial score (nSPS) is 34.7. The molecule has 8 heteroatoms. The Hall–Kier alpha value is -2.03. The Morgan fingerprint density at radius 3 is 1.85 bits per heavy atom. The molecule has 8 atom stereocenters. The van der Waals surface area contributed by atoms with Gasteiger partial charge in [0.2, 0.25) is 0 Å². The summed E-state index contributed by atoms with van der Waals surface area (Å²) in [5, 5.41) is 34.9. The van der Waals surface area contributed by atoms with Crippen LogP contribution >= 0.6 is 0 Å². The van der Waals surface area contributed by atoms with Crippen LogP contribution in [0.3, 0.4) is 0 Å². The second kappa shape index (κ2) is 15.9. The van der Waals surface area contributed by atoms with Crippen LogP contribution in [0.4, 0.5) is 0 Å². The molecule has 48 heavy (non-hydrogen) atoms. The van der Waals surface area contributed by atoms with Gasteiger partial charge < -0.3 is 24.8 Å². The van der Waals surface area contributed by atoms with Crippen LogP contribution in [0.5, 0.6) is 0 Å². The van der Waals surface area contributed by atoms with E-state index in [2.05, 4.69) is 13.8 Å². The minimum Gasteiger partial charge on any atom is -0.457 e. The molecule has 2 saturated carbocycles. The van der Waals surface area contributed by atoms with Crippen molar-refractivity contribution in [3.8, 4) is 0 Å². The third-order valence-corrected chi connectivity index (χ3v) is 12.5. The first-order valence-electron chi connectivity index (χ1n) is 19.2. The van der Waals surface area contributed by atoms with Crippen LogP contribution in [0, 0.1) is 29.1 Å². The maximum Gasteiger partial charge on any atom is 0.306 e. The molecule has 0 aromatic rings. The molecule has 4 rings (SSSR count). The Morgan fingerprint density at radius 2 is 1.33 bits per heavy atom. The fourth-order valence-electron chi connectivity index (χ4n) is 9.80. The number of hydrogen-bond donors (Lipinski definition) is 3. The summed E-state index contributed by atoms with van der Waals surface area (Å²) in [6.45, 7) is 11.4. The standard InChI is InChI=1S/C40H64O8/c1-7-9-11-13-15-17-19-21-32(42)47-39-28(4)36(45)40(48-33(43)22-20-18-16-14-12-10-8-2)34(37(40,5)6)30(39)24-29(26-41)25-38(46)31(39)23-27(3)35(38)44/h23-24,28,30-31,34,36,41,45-46H,7-22,25-26H2,1-6H3/t28-,30+,31-,34-,36-,38-,39-,40-/m1/s1. The van der Waals surface area contributed by atoms with Crippen LogP contribution in [-0.2, 0) is 23.9 Å². The van der Waals surface area contributed by atoms with Crippen molar-refractivity contribution in [3.05, 3.63) is 23.3 Å². The van der Waals surface area contributed by atoms with E-state index < -0.39 is 63.7 Å². The van der Waals surface area contributed by atoms with E-state index in [-0.39, 0.29) is 31.8 Å². The predicted octanol–water partition coefficient (Wildman–Crippen LogP) is 7.31. The number of esters is 2. The number of aliphatic hydroxyl groups is 3. The van der Waals surface area contributed by atoms with E-state index in [9.17, 15) is 29.7 Å². The van der Waals surface area contributed by atoms with Crippen molar-refractivity contribution in [2.45, 2.75) is 174 Å². The van der Waals surface area contributed by atoms with Gasteiger partial charge in [0, 0.05) is 42.4 Å². The maximum atomic E-state index is 13.8. The fraction of sp³-hybridized carbons (Fsp3) is 0.825. The Kier molecular flexibility index (Phi) is 12.8. The minimum absolute atomic E-state index is 0.102. The van der Waals surface area contributed by atoms with E-state index in [4.69, 9.17) is 9.47 Å². The zero-order valence-corrected chi connectivity index (χ0v) is 30.7. The van der Waals surface area contributed by atoms with Crippen molar-refractivity contribution in [2.75, 3.05) is 6.61 Å². The number of hydrogen-bond acceptors (Lipinski definition) is 8. The summed E-state index contributed by atoms with van der Waals surface area (Å²) in [6, 6.07) is 0. The lowest BCUT2D eigenvalue weighted by molar-refractivity contribution is -0.235. The Labute approximate surface area is 289 Å². The number of ketones is 1. The summed E-state index contributed by atoms with van der Waals surface area (Å²) >= 11 is 0. The van der Waals surface area contributed by atoms with E-state index in [0.717, 1.165) is 44.9 Å². The van der Waals surface area contributed by atoms with Gasteiger partial charge in [0.15, 0.2) is 5.78 Å². The van der Waals surface area contributed by atoms with Gasteiger partial charge in [-0.3, -0.25) is 14.4 Å². The molecule has 4 aliphatic carbocycles. The first-order chi connectivity index (χ1) is 22.8. The first-order valence-corrected chi connectivity index (χ1v) is 19.2. The zero-order chi connectivity index (χ0) is 35.3. The molecular formula is C40H64O8. The SMILES string of the molecule is CCCCCCCCCC(=O)O[C@]12[C@H](C)[C@@H](O)[C@]3(OC(=O)CCCCCCCCC)[C@H]([C@@H]1C=C(CO)C[C@]1(O)C(=O)C(C)=C[C@@H]21)C3(C)C. The Balaban J connectivity index is 1.63. The monoisotopic (exact) mass is 672 g/mol. The second-order valence-corrected chi connectivity index (χ2v) is 16.0. The van der Waals surface area contributed by atoms with Gasteiger partial charge in [0.1, 0.15) is 22.9 Å². The molecule has 4 aliphatic rings. The summed E-state index contributed by atoms with van der Waals surface area (Å²) in [5.41, 5.74) is -4.52. The van der Waals surface area contributed by atoms with Gasteiger partial charge in [-0.05, 0) is 30.9 Å². The average molecular weight is 673 g/mol. The van der Waals surface area contributed by atoms with Crippen molar-refractivity contribution >= 4 is 17.7 Å². The van der Waals surface area contributed by atoms with E-state index in [1.165, 1.54) is 38.5 Å². The lowest BCUT2D eigenvalue weighted by atomic mass is 9.58. The molecule has 0 amide bonds. The van der Waals surface area contributed by atoms with Gasteiger partial charge in [-0.1, -0.05) is 124 Å². The highest BCUT2D eigenvalue weighted by Gasteiger charge is 2.87. The third-order valence-electron chi connectivity index (χ3n) is 12.5. The lowest BCUT2D eigenvalue weighted by Gasteiger charge is -2.54. The number of rotatable bonds is 19.